The summed E-state index contributed by atoms with van der Waals surface area (Å²) in [6, 6.07) is 0. The Labute approximate surface area is 406 Å². The number of esters is 3. The summed E-state index contributed by atoms with van der Waals surface area (Å²) >= 11 is 0. The molecular formula is C59H114O6. The quantitative estimate of drug-likeness (QED) is 0.0344. The van der Waals surface area contributed by atoms with Crippen molar-refractivity contribution in [2.75, 3.05) is 13.2 Å². The fraction of sp³-hybridized carbons (Fsp3) is 0.949. The van der Waals surface area contributed by atoms with Crippen LogP contribution in [-0.4, -0.2) is 37.2 Å². The second kappa shape index (κ2) is 50.3. The molecule has 0 saturated heterocycles. The zero-order valence-electron chi connectivity index (χ0n) is 44.8. The summed E-state index contributed by atoms with van der Waals surface area (Å²) in [6.45, 7) is 13.7. The molecule has 0 unspecified atom stereocenters. The summed E-state index contributed by atoms with van der Waals surface area (Å²) in [7, 11) is 0. The third-order valence-electron chi connectivity index (χ3n) is 13.4. The number of ether oxygens (including phenoxy) is 3. The molecule has 0 aliphatic heterocycles. The number of rotatable bonds is 52. The minimum atomic E-state index is -0.764. The maximum absolute atomic E-state index is 12.8. The maximum atomic E-state index is 12.8. The molecule has 386 valence electrons. The minimum absolute atomic E-state index is 0.0640. The third kappa shape index (κ3) is 53.2. The van der Waals surface area contributed by atoms with Gasteiger partial charge in [0.05, 0.1) is 0 Å². The van der Waals surface area contributed by atoms with Crippen LogP contribution in [0.15, 0.2) is 0 Å². The molecular weight excluding hydrogens is 805 g/mol. The second-order valence-corrected chi connectivity index (χ2v) is 21.7. The van der Waals surface area contributed by atoms with Crippen LogP contribution in [0.1, 0.15) is 324 Å². The molecule has 6 heteroatoms. The van der Waals surface area contributed by atoms with Gasteiger partial charge in [0, 0.05) is 19.3 Å². The summed E-state index contributed by atoms with van der Waals surface area (Å²) < 4.78 is 16.9. The Morgan fingerprint density at radius 1 is 0.262 bits per heavy atom. The third-order valence-corrected chi connectivity index (χ3v) is 13.4. The Balaban J connectivity index is 4.21. The minimum Gasteiger partial charge on any atom is -0.462 e. The first-order chi connectivity index (χ1) is 31.6. The van der Waals surface area contributed by atoms with Crippen LogP contribution in [0.2, 0.25) is 0 Å². The lowest BCUT2D eigenvalue weighted by Crippen LogP contribution is -2.30. The van der Waals surface area contributed by atoms with Gasteiger partial charge in [-0.3, -0.25) is 14.4 Å². The topological polar surface area (TPSA) is 78.9 Å². The Morgan fingerprint density at radius 2 is 0.446 bits per heavy atom. The second-order valence-electron chi connectivity index (χ2n) is 21.7. The number of unbranched alkanes of at least 4 members (excludes halogenated alkanes) is 35. The van der Waals surface area contributed by atoms with Crippen molar-refractivity contribution < 1.29 is 28.6 Å². The van der Waals surface area contributed by atoms with E-state index in [9.17, 15) is 14.4 Å². The van der Waals surface area contributed by atoms with E-state index in [1.54, 1.807) is 0 Å². The average molecular weight is 920 g/mol. The van der Waals surface area contributed by atoms with Crippen LogP contribution in [0.3, 0.4) is 0 Å². The maximum Gasteiger partial charge on any atom is 0.306 e. The zero-order valence-corrected chi connectivity index (χ0v) is 44.8. The van der Waals surface area contributed by atoms with Crippen LogP contribution >= 0.6 is 0 Å². The molecule has 0 saturated carbocycles. The fourth-order valence-corrected chi connectivity index (χ4v) is 9.00. The lowest BCUT2D eigenvalue weighted by molar-refractivity contribution is -0.167. The predicted molar refractivity (Wildman–Crippen MR) is 279 cm³/mol. The van der Waals surface area contributed by atoms with Crippen molar-refractivity contribution in [1.82, 2.24) is 0 Å². The molecule has 0 heterocycles. The molecule has 65 heavy (non-hydrogen) atoms. The number of carbonyl (C=O) groups is 3. The first kappa shape index (κ1) is 63.4. The molecule has 0 aromatic carbocycles. The predicted octanol–water partition coefficient (Wildman–Crippen LogP) is 19.1. The van der Waals surface area contributed by atoms with Crippen molar-refractivity contribution in [2.24, 2.45) is 17.8 Å². The normalized spacial score (nSPS) is 12.1. The van der Waals surface area contributed by atoms with E-state index >= 15 is 0 Å². The van der Waals surface area contributed by atoms with Gasteiger partial charge in [-0.15, -0.1) is 0 Å². The van der Waals surface area contributed by atoms with Gasteiger partial charge < -0.3 is 14.2 Å². The molecule has 0 amide bonds. The monoisotopic (exact) mass is 919 g/mol. The first-order valence-electron chi connectivity index (χ1n) is 29.1. The summed E-state index contributed by atoms with van der Waals surface area (Å²) in [5.74, 6) is 1.64. The van der Waals surface area contributed by atoms with Crippen LogP contribution in [0.4, 0.5) is 0 Å². The van der Waals surface area contributed by atoms with E-state index in [0.29, 0.717) is 19.3 Å². The van der Waals surface area contributed by atoms with Gasteiger partial charge in [-0.2, -0.15) is 0 Å². The van der Waals surface area contributed by atoms with Crippen molar-refractivity contribution >= 4 is 17.9 Å². The largest absolute Gasteiger partial charge is 0.462 e. The van der Waals surface area contributed by atoms with E-state index in [-0.39, 0.29) is 31.1 Å². The van der Waals surface area contributed by atoms with Crippen molar-refractivity contribution in [3.8, 4) is 0 Å². The molecule has 1 atom stereocenters. The molecule has 0 bridgehead atoms. The number of carbonyl (C=O) groups excluding carboxylic acids is 3. The van der Waals surface area contributed by atoms with E-state index in [0.717, 1.165) is 75.5 Å². The Morgan fingerprint density at radius 3 is 0.662 bits per heavy atom. The van der Waals surface area contributed by atoms with Crippen molar-refractivity contribution in [3.05, 3.63) is 0 Å². The smallest absolute Gasteiger partial charge is 0.306 e. The molecule has 0 radical (unpaired) electrons. The Bertz CT molecular complexity index is 1010. The van der Waals surface area contributed by atoms with Crippen LogP contribution < -0.4 is 0 Å². The SMILES string of the molecule is CC(C)CCCCCCCCCCCCCCCCCCCCC(=O)OC[C@H](COC(=O)CCCCCCCCCCCCCCC(C)C)OC(=O)CCCCCCCCCCC(C)C. The van der Waals surface area contributed by atoms with Crippen LogP contribution in [0.5, 0.6) is 0 Å². The number of hydrogen-bond acceptors (Lipinski definition) is 6. The highest BCUT2D eigenvalue weighted by Crippen LogP contribution is 2.18. The number of hydrogen-bond donors (Lipinski definition) is 0. The Hall–Kier alpha value is -1.59. The van der Waals surface area contributed by atoms with Crippen LogP contribution in [-0.2, 0) is 28.6 Å². The van der Waals surface area contributed by atoms with E-state index in [1.165, 1.54) is 205 Å². The molecule has 0 rings (SSSR count). The molecule has 0 fully saturated rings. The molecule has 0 aliphatic carbocycles. The highest BCUT2D eigenvalue weighted by atomic mass is 16.6. The van der Waals surface area contributed by atoms with Gasteiger partial charge in [-0.25, -0.2) is 0 Å². The molecule has 0 N–H and O–H groups in total. The standard InChI is InChI=1S/C59H114O6/c1-53(2)45-39-33-27-21-17-13-11-9-7-8-10-12-14-19-23-30-36-42-48-57(60)63-51-56(65-59(62)50-44-38-32-26-25-29-35-41-47-55(5)6)52-64-58(61)49-43-37-31-24-20-16-15-18-22-28-34-40-46-54(3)4/h53-56H,7-52H2,1-6H3/t56-/m1/s1. The van der Waals surface area contributed by atoms with E-state index < -0.39 is 6.10 Å². The highest BCUT2D eigenvalue weighted by molar-refractivity contribution is 5.71. The summed E-state index contributed by atoms with van der Waals surface area (Å²) in [5.41, 5.74) is 0. The van der Waals surface area contributed by atoms with Gasteiger partial charge in [0.25, 0.3) is 0 Å². The van der Waals surface area contributed by atoms with Crippen molar-refractivity contribution in [1.29, 1.82) is 0 Å². The fourth-order valence-electron chi connectivity index (χ4n) is 9.00. The molecule has 0 aromatic heterocycles. The average Bonchev–Trinajstić information content (AvgIpc) is 3.26. The Kier molecular flexibility index (Phi) is 49.1. The zero-order chi connectivity index (χ0) is 47.7. The first-order valence-corrected chi connectivity index (χ1v) is 29.1. The van der Waals surface area contributed by atoms with Gasteiger partial charge in [0.15, 0.2) is 6.10 Å². The van der Waals surface area contributed by atoms with Gasteiger partial charge >= 0.3 is 17.9 Å². The summed E-state index contributed by atoms with van der Waals surface area (Å²) in [5, 5.41) is 0. The summed E-state index contributed by atoms with van der Waals surface area (Å²) in [4.78, 5) is 38.1. The highest BCUT2D eigenvalue weighted by Gasteiger charge is 2.19. The molecule has 0 aromatic rings. The molecule has 0 spiro atoms. The molecule has 0 aliphatic rings. The van der Waals surface area contributed by atoms with Crippen molar-refractivity contribution in [3.63, 3.8) is 0 Å². The van der Waals surface area contributed by atoms with Crippen LogP contribution in [0.25, 0.3) is 0 Å². The van der Waals surface area contributed by atoms with Crippen LogP contribution in [0, 0.1) is 17.8 Å². The lowest BCUT2D eigenvalue weighted by Gasteiger charge is -2.18. The van der Waals surface area contributed by atoms with Crippen molar-refractivity contribution in [2.45, 2.75) is 330 Å². The van der Waals surface area contributed by atoms with E-state index in [4.69, 9.17) is 14.2 Å². The van der Waals surface area contributed by atoms with Gasteiger partial charge in [-0.1, -0.05) is 286 Å². The van der Waals surface area contributed by atoms with Gasteiger partial charge in [0.2, 0.25) is 0 Å². The lowest BCUT2D eigenvalue weighted by atomic mass is 10.0. The van der Waals surface area contributed by atoms with E-state index in [1.807, 2.05) is 0 Å². The summed E-state index contributed by atoms with van der Waals surface area (Å²) in [6.07, 6.45) is 52.5. The van der Waals surface area contributed by atoms with Gasteiger partial charge in [-0.05, 0) is 37.0 Å². The molecule has 6 nitrogen and oxygen atoms in total. The van der Waals surface area contributed by atoms with E-state index in [2.05, 4.69) is 41.5 Å². The van der Waals surface area contributed by atoms with Gasteiger partial charge in [0.1, 0.15) is 13.2 Å².